The largest absolute Gasteiger partial charge is 0.353 e. The number of carbonyl (C=O) groups is 2. The zero-order chi connectivity index (χ0) is 19.2. The minimum Gasteiger partial charge on any atom is -0.353 e. The van der Waals surface area contributed by atoms with Crippen molar-refractivity contribution in [1.29, 1.82) is 0 Å². The standard InChI is InChI=1S/C19H20ClFN4O2/c20-16-9-14(21)5-4-13(16)12-25-8-7-23-19(27)17(25)10-18(26)24-11-15-3-1-2-6-22-15/h1-6,9,17H,7-8,10-12H2,(H,23,27)(H,24,26)/t17-/m1/s1. The first-order valence-corrected chi connectivity index (χ1v) is 9.03. The van der Waals surface area contributed by atoms with Gasteiger partial charge in [0.05, 0.1) is 24.7 Å². The summed E-state index contributed by atoms with van der Waals surface area (Å²) >= 11 is 6.10. The molecule has 6 nitrogen and oxygen atoms in total. The van der Waals surface area contributed by atoms with Crippen LogP contribution in [0.4, 0.5) is 4.39 Å². The minimum absolute atomic E-state index is 0.0253. The molecular weight excluding hydrogens is 371 g/mol. The van der Waals surface area contributed by atoms with E-state index in [-0.39, 0.29) is 18.2 Å². The number of hydrogen-bond acceptors (Lipinski definition) is 4. The van der Waals surface area contributed by atoms with E-state index >= 15 is 0 Å². The number of nitrogens with one attached hydrogen (secondary N) is 2. The zero-order valence-corrected chi connectivity index (χ0v) is 15.4. The number of halogens is 2. The van der Waals surface area contributed by atoms with Gasteiger partial charge in [-0.3, -0.25) is 19.5 Å². The number of hydrogen-bond donors (Lipinski definition) is 2. The molecule has 0 unspecified atom stereocenters. The van der Waals surface area contributed by atoms with Crippen LogP contribution in [-0.4, -0.2) is 40.8 Å². The molecule has 1 aliphatic rings. The van der Waals surface area contributed by atoms with Crippen molar-refractivity contribution in [3.05, 3.63) is 64.7 Å². The van der Waals surface area contributed by atoms with Crippen molar-refractivity contribution in [2.75, 3.05) is 13.1 Å². The maximum Gasteiger partial charge on any atom is 0.237 e. The Morgan fingerprint density at radius 1 is 1.37 bits per heavy atom. The summed E-state index contributed by atoms with van der Waals surface area (Å²) < 4.78 is 13.2. The van der Waals surface area contributed by atoms with E-state index in [1.54, 1.807) is 18.3 Å². The van der Waals surface area contributed by atoms with Crippen LogP contribution in [0.2, 0.25) is 5.02 Å². The first-order chi connectivity index (χ1) is 13.0. The van der Waals surface area contributed by atoms with Gasteiger partial charge < -0.3 is 10.6 Å². The number of amides is 2. The average Bonchev–Trinajstić information content (AvgIpc) is 2.66. The lowest BCUT2D eigenvalue weighted by Gasteiger charge is -2.34. The summed E-state index contributed by atoms with van der Waals surface area (Å²) in [5.74, 6) is -0.851. The molecule has 8 heteroatoms. The van der Waals surface area contributed by atoms with Crippen LogP contribution in [0.5, 0.6) is 0 Å². The van der Waals surface area contributed by atoms with E-state index in [0.29, 0.717) is 36.8 Å². The van der Waals surface area contributed by atoms with E-state index in [4.69, 9.17) is 11.6 Å². The van der Waals surface area contributed by atoms with E-state index in [2.05, 4.69) is 15.6 Å². The van der Waals surface area contributed by atoms with Crippen LogP contribution in [0.3, 0.4) is 0 Å². The third-order valence-corrected chi connectivity index (χ3v) is 4.75. The van der Waals surface area contributed by atoms with E-state index in [1.165, 1.54) is 12.1 Å². The van der Waals surface area contributed by atoms with Crippen molar-refractivity contribution in [2.24, 2.45) is 0 Å². The molecule has 1 fully saturated rings. The zero-order valence-electron chi connectivity index (χ0n) is 14.6. The average molecular weight is 391 g/mol. The van der Waals surface area contributed by atoms with Gasteiger partial charge in [-0.2, -0.15) is 0 Å². The van der Waals surface area contributed by atoms with Crippen molar-refractivity contribution in [1.82, 2.24) is 20.5 Å². The second kappa shape index (κ2) is 8.92. The molecule has 142 valence electrons. The van der Waals surface area contributed by atoms with Crippen molar-refractivity contribution in [3.8, 4) is 0 Å². The van der Waals surface area contributed by atoms with Crippen molar-refractivity contribution >= 4 is 23.4 Å². The molecule has 3 rings (SSSR count). The molecule has 0 saturated carbocycles. The van der Waals surface area contributed by atoms with Crippen LogP contribution in [0.1, 0.15) is 17.7 Å². The first kappa shape index (κ1) is 19.3. The lowest BCUT2D eigenvalue weighted by molar-refractivity contribution is -0.134. The molecule has 1 aromatic carbocycles. The van der Waals surface area contributed by atoms with E-state index in [9.17, 15) is 14.0 Å². The SMILES string of the molecule is O=C(C[C@@H]1C(=O)NCCN1Cc1ccc(F)cc1Cl)NCc1ccccn1. The molecule has 1 atom stereocenters. The third kappa shape index (κ3) is 5.24. The second-order valence-electron chi connectivity index (χ2n) is 6.31. The van der Waals surface area contributed by atoms with Gasteiger partial charge in [-0.25, -0.2) is 4.39 Å². The molecular formula is C19H20ClFN4O2. The van der Waals surface area contributed by atoms with Gasteiger partial charge in [-0.1, -0.05) is 23.7 Å². The molecule has 2 amide bonds. The number of pyridine rings is 1. The predicted octanol–water partition coefficient (Wildman–Crippen LogP) is 1.88. The fraction of sp³-hybridized carbons (Fsp3) is 0.316. The number of rotatable bonds is 6. The number of aromatic nitrogens is 1. The Morgan fingerprint density at radius 3 is 2.96 bits per heavy atom. The van der Waals surface area contributed by atoms with Gasteiger partial charge in [0.15, 0.2) is 0 Å². The maximum absolute atomic E-state index is 13.2. The normalized spacial score (nSPS) is 17.4. The molecule has 1 aliphatic heterocycles. The predicted molar refractivity (Wildman–Crippen MR) is 99.3 cm³/mol. The van der Waals surface area contributed by atoms with Gasteiger partial charge in [0.2, 0.25) is 11.8 Å². The highest BCUT2D eigenvalue weighted by Gasteiger charge is 2.31. The second-order valence-corrected chi connectivity index (χ2v) is 6.72. The molecule has 0 bridgehead atoms. The van der Waals surface area contributed by atoms with E-state index in [1.807, 2.05) is 17.0 Å². The smallest absolute Gasteiger partial charge is 0.237 e. The van der Waals surface area contributed by atoms with Gasteiger partial charge in [-0.15, -0.1) is 0 Å². The molecule has 2 aromatic rings. The molecule has 2 heterocycles. The van der Waals surface area contributed by atoms with Gasteiger partial charge in [-0.05, 0) is 29.8 Å². The third-order valence-electron chi connectivity index (χ3n) is 4.40. The Morgan fingerprint density at radius 2 is 2.22 bits per heavy atom. The van der Waals surface area contributed by atoms with E-state index in [0.717, 1.165) is 5.69 Å². The Hall–Kier alpha value is -2.51. The first-order valence-electron chi connectivity index (χ1n) is 8.65. The summed E-state index contributed by atoms with van der Waals surface area (Å²) in [7, 11) is 0. The number of carbonyl (C=O) groups excluding carboxylic acids is 2. The van der Waals surface area contributed by atoms with Crippen LogP contribution >= 0.6 is 11.6 Å². The van der Waals surface area contributed by atoms with Gasteiger partial charge >= 0.3 is 0 Å². The molecule has 1 saturated heterocycles. The maximum atomic E-state index is 13.2. The van der Waals surface area contributed by atoms with Crippen LogP contribution in [-0.2, 0) is 22.7 Å². The highest BCUT2D eigenvalue weighted by atomic mass is 35.5. The van der Waals surface area contributed by atoms with E-state index < -0.39 is 11.9 Å². The van der Waals surface area contributed by atoms with Crippen LogP contribution < -0.4 is 10.6 Å². The monoisotopic (exact) mass is 390 g/mol. The molecule has 2 N–H and O–H groups in total. The fourth-order valence-corrected chi connectivity index (χ4v) is 3.21. The van der Waals surface area contributed by atoms with Gasteiger partial charge in [0.1, 0.15) is 5.82 Å². The Labute approximate surface area is 161 Å². The lowest BCUT2D eigenvalue weighted by atomic mass is 10.1. The highest BCUT2D eigenvalue weighted by Crippen LogP contribution is 2.21. The molecule has 1 aromatic heterocycles. The van der Waals surface area contributed by atoms with Crippen molar-refractivity contribution < 1.29 is 14.0 Å². The quantitative estimate of drug-likeness (QED) is 0.789. The summed E-state index contributed by atoms with van der Waals surface area (Å²) in [4.78, 5) is 30.7. The number of piperazine rings is 1. The van der Waals surface area contributed by atoms with Gasteiger partial charge in [0, 0.05) is 30.9 Å². The van der Waals surface area contributed by atoms with Crippen molar-refractivity contribution in [2.45, 2.75) is 25.6 Å². The summed E-state index contributed by atoms with van der Waals surface area (Å²) in [5.41, 5.74) is 1.46. The Balaban J connectivity index is 1.63. The molecule has 0 aliphatic carbocycles. The van der Waals surface area contributed by atoms with Crippen LogP contribution in [0.15, 0.2) is 42.6 Å². The lowest BCUT2D eigenvalue weighted by Crippen LogP contribution is -2.56. The number of benzene rings is 1. The molecule has 0 spiro atoms. The van der Waals surface area contributed by atoms with Crippen LogP contribution in [0.25, 0.3) is 0 Å². The number of nitrogens with zero attached hydrogens (tertiary/aromatic N) is 2. The minimum atomic E-state index is -0.608. The molecule has 27 heavy (non-hydrogen) atoms. The highest BCUT2D eigenvalue weighted by molar-refractivity contribution is 6.31. The topological polar surface area (TPSA) is 74.3 Å². The van der Waals surface area contributed by atoms with Gasteiger partial charge in [0.25, 0.3) is 0 Å². The summed E-state index contributed by atoms with van der Waals surface area (Å²) in [6.07, 6.45) is 1.68. The fourth-order valence-electron chi connectivity index (χ4n) is 2.98. The summed E-state index contributed by atoms with van der Waals surface area (Å²) in [5, 5.41) is 5.88. The van der Waals surface area contributed by atoms with Crippen molar-refractivity contribution in [3.63, 3.8) is 0 Å². The summed E-state index contributed by atoms with van der Waals surface area (Å²) in [6.45, 7) is 1.74. The Kier molecular flexibility index (Phi) is 6.36. The summed E-state index contributed by atoms with van der Waals surface area (Å²) in [6, 6.07) is 9.03. The molecule has 0 radical (unpaired) electrons. The Bertz CT molecular complexity index is 819. The van der Waals surface area contributed by atoms with Crippen LogP contribution in [0, 0.1) is 5.82 Å².